The lowest BCUT2D eigenvalue weighted by Gasteiger charge is -2.09. The molecule has 1 aliphatic rings. The predicted octanol–water partition coefficient (Wildman–Crippen LogP) is 4.70. The van der Waals surface area contributed by atoms with Gasteiger partial charge in [0.15, 0.2) is 5.16 Å². The van der Waals surface area contributed by atoms with Gasteiger partial charge in [-0.3, -0.25) is 4.98 Å². The van der Waals surface area contributed by atoms with Crippen molar-refractivity contribution in [3.8, 4) is 0 Å². The van der Waals surface area contributed by atoms with Gasteiger partial charge < -0.3 is 12.6 Å². The number of unbranched alkanes of at least 4 members (excludes halogenated alkanes) is 1. The summed E-state index contributed by atoms with van der Waals surface area (Å²) in [4.78, 5) is 15.3. The Labute approximate surface area is 149 Å². The number of rotatable bonds is 4. The molecule has 1 aliphatic carbocycles. The summed E-state index contributed by atoms with van der Waals surface area (Å²) in [6.45, 7) is 2.24. The van der Waals surface area contributed by atoms with E-state index in [0.717, 1.165) is 39.5 Å². The molecule has 0 fully saturated rings. The molecule has 0 aromatic carbocycles. The molecule has 0 saturated carbocycles. The van der Waals surface area contributed by atoms with Crippen LogP contribution in [0.5, 0.6) is 0 Å². The van der Waals surface area contributed by atoms with Crippen LogP contribution in [0.15, 0.2) is 10.2 Å². The maximum Gasteiger partial charge on any atom is 0.186 e. The Balaban J connectivity index is 2.03. The van der Waals surface area contributed by atoms with E-state index in [1.54, 1.807) is 23.1 Å². The van der Waals surface area contributed by atoms with Crippen molar-refractivity contribution >= 4 is 56.2 Å². The third kappa shape index (κ3) is 2.51. The van der Waals surface area contributed by atoms with E-state index in [0.29, 0.717) is 5.03 Å². The fraction of sp³-hybridized carbons (Fsp3) is 0.471. The summed E-state index contributed by atoms with van der Waals surface area (Å²) in [6, 6.07) is 0. The number of hydrogen-bond acceptors (Lipinski definition) is 6. The van der Waals surface area contributed by atoms with Gasteiger partial charge in [0.2, 0.25) is 0 Å². The van der Waals surface area contributed by atoms with E-state index in [4.69, 9.17) is 22.6 Å². The van der Waals surface area contributed by atoms with E-state index in [-0.39, 0.29) is 0 Å². The van der Waals surface area contributed by atoms with Crippen molar-refractivity contribution < 1.29 is 0 Å². The average Bonchev–Trinajstić information content (AvgIpc) is 3.16. The zero-order chi connectivity index (χ0) is 16.0. The first-order chi connectivity index (χ1) is 11.2. The van der Waals surface area contributed by atoms with Gasteiger partial charge in [-0.05, 0) is 49.5 Å². The van der Waals surface area contributed by atoms with Gasteiger partial charge in [0.25, 0.3) is 0 Å². The quantitative estimate of drug-likeness (QED) is 0.292. The van der Waals surface area contributed by atoms with E-state index in [2.05, 4.69) is 11.9 Å². The highest BCUT2D eigenvalue weighted by Gasteiger charge is 2.23. The average molecular weight is 361 g/mol. The minimum atomic E-state index is 0.671. The maximum absolute atomic E-state index is 5.50. The Morgan fingerprint density at radius 2 is 2.00 bits per heavy atom. The maximum atomic E-state index is 5.50. The van der Waals surface area contributed by atoms with E-state index in [1.165, 1.54) is 41.5 Å². The molecule has 0 amide bonds. The first-order valence-electron chi connectivity index (χ1n) is 8.08. The monoisotopic (exact) mass is 360 g/mol. The highest BCUT2D eigenvalue weighted by molar-refractivity contribution is 7.98. The SMILES string of the molecule is CCCCc1nc2sc3c([S-])nc(SC)nc3c2c2c1CCC2. The van der Waals surface area contributed by atoms with Crippen molar-refractivity contribution in [2.45, 2.75) is 55.6 Å². The summed E-state index contributed by atoms with van der Waals surface area (Å²) < 4.78 is 1.03. The topological polar surface area (TPSA) is 38.7 Å². The molecule has 120 valence electrons. The van der Waals surface area contributed by atoms with Crippen LogP contribution in [0.25, 0.3) is 20.4 Å². The molecule has 23 heavy (non-hydrogen) atoms. The fourth-order valence-corrected chi connectivity index (χ4v) is 5.22. The van der Waals surface area contributed by atoms with Crippen LogP contribution >= 0.6 is 23.1 Å². The second-order valence-corrected chi connectivity index (χ2v) is 8.11. The molecule has 3 nitrogen and oxygen atoms in total. The Morgan fingerprint density at radius 3 is 2.78 bits per heavy atom. The number of aromatic nitrogens is 3. The molecule has 0 unspecified atom stereocenters. The van der Waals surface area contributed by atoms with Crippen LogP contribution in [0.4, 0.5) is 0 Å². The Kier molecular flexibility index (Phi) is 4.15. The van der Waals surface area contributed by atoms with Crippen LogP contribution in [-0.4, -0.2) is 21.2 Å². The third-order valence-electron chi connectivity index (χ3n) is 4.52. The number of hydrogen-bond donors (Lipinski definition) is 0. The molecule has 0 aliphatic heterocycles. The van der Waals surface area contributed by atoms with Gasteiger partial charge >= 0.3 is 0 Å². The summed E-state index contributed by atoms with van der Waals surface area (Å²) in [6.07, 6.45) is 9.04. The van der Waals surface area contributed by atoms with Gasteiger partial charge in [0.1, 0.15) is 4.83 Å². The molecule has 0 N–H and O–H groups in total. The molecular formula is C17H18N3S3-. The second kappa shape index (κ2) is 6.15. The van der Waals surface area contributed by atoms with Gasteiger partial charge in [-0.25, -0.2) is 9.97 Å². The summed E-state index contributed by atoms with van der Waals surface area (Å²) >= 11 is 8.72. The van der Waals surface area contributed by atoms with Crippen LogP contribution in [0, 0.1) is 0 Å². The second-order valence-electron chi connectivity index (χ2n) is 5.95. The third-order valence-corrected chi connectivity index (χ3v) is 6.57. The number of nitrogens with zero attached hydrogens (tertiary/aromatic N) is 3. The summed E-state index contributed by atoms with van der Waals surface area (Å²) in [5.74, 6) is 0. The molecular weight excluding hydrogens is 342 g/mol. The number of fused-ring (bicyclic) bond motifs is 5. The van der Waals surface area contributed by atoms with Gasteiger partial charge in [0.05, 0.1) is 10.2 Å². The predicted molar refractivity (Wildman–Crippen MR) is 101 cm³/mol. The smallest absolute Gasteiger partial charge is 0.186 e. The molecule has 3 aromatic rings. The zero-order valence-electron chi connectivity index (χ0n) is 13.3. The number of thiophene rings is 1. The molecule has 0 radical (unpaired) electrons. The van der Waals surface area contributed by atoms with E-state index < -0.39 is 0 Å². The lowest BCUT2D eigenvalue weighted by Crippen LogP contribution is -1.99. The van der Waals surface area contributed by atoms with Gasteiger partial charge in [-0.15, -0.1) is 11.3 Å². The normalized spacial score (nSPS) is 14.0. The summed E-state index contributed by atoms with van der Waals surface area (Å²) in [5, 5.41) is 2.69. The molecule has 3 aromatic heterocycles. The minimum absolute atomic E-state index is 0.671. The Hall–Kier alpha value is -0.980. The van der Waals surface area contributed by atoms with Crippen molar-refractivity contribution in [2.75, 3.05) is 6.26 Å². The molecule has 6 heteroatoms. The first kappa shape index (κ1) is 15.5. The van der Waals surface area contributed by atoms with Crippen LogP contribution in [-0.2, 0) is 31.9 Å². The molecule has 3 heterocycles. The van der Waals surface area contributed by atoms with Gasteiger partial charge in [-0.1, -0.05) is 30.1 Å². The van der Waals surface area contributed by atoms with Crippen LogP contribution in [0.3, 0.4) is 0 Å². The van der Waals surface area contributed by atoms with Crippen molar-refractivity contribution in [3.63, 3.8) is 0 Å². The molecule has 4 rings (SSSR count). The lowest BCUT2D eigenvalue weighted by atomic mass is 10.0. The van der Waals surface area contributed by atoms with Crippen molar-refractivity contribution in [1.82, 2.24) is 15.0 Å². The van der Waals surface area contributed by atoms with Crippen molar-refractivity contribution in [3.05, 3.63) is 16.8 Å². The standard InChI is InChI=1S/C17H19N3S3/c1-3-4-8-11-9-6-5-7-10(9)12-13-14(23-16(12)18-11)15(21)20-17(19-13)22-2/h3-8H2,1-2H3,(H,19,20,21)/p-1. The minimum Gasteiger partial charge on any atom is -0.759 e. The number of aryl methyl sites for hydroxylation is 2. The Bertz CT molecular complexity index is 901. The van der Waals surface area contributed by atoms with Crippen molar-refractivity contribution in [2.24, 2.45) is 0 Å². The summed E-state index contributed by atoms with van der Waals surface area (Å²) in [7, 11) is 0. The molecule has 0 spiro atoms. The van der Waals surface area contributed by atoms with Crippen LogP contribution in [0.2, 0.25) is 0 Å². The van der Waals surface area contributed by atoms with Crippen LogP contribution in [0.1, 0.15) is 43.0 Å². The van der Waals surface area contributed by atoms with E-state index >= 15 is 0 Å². The number of pyridine rings is 1. The molecule has 0 bridgehead atoms. The Morgan fingerprint density at radius 1 is 1.17 bits per heavy atom. The van der Waals surface area contributed by atoms with Gasteiger partial charge in [-0.2, -0.15) is 0 Å². The summed E-state index contributed by atoms with van der Waals surface area (Å²) in [5.41, 5.74) is 5.30. The highest BCUT2D eigenvalue weighted by Crippen LogP contribution is 2.41. The lowest BCUT2D eigenvalue weighted by molar-refractivity contribution is 0.770. The van der Waals surface area contributed by atoms with E-state index in [1.807, 2.05) is 6.26 Å². The largest absolute Gasteiger partial charge is 0.759 e. The van der Waals surface area contributed by atoms with Crippen LogP contribution < -0.4 is 0 Å². The molecule has 0 atom stereocenters. The van der Waals surface area contributed by atoms with E-state index in [9.17, 15) is 0 Å². The number of thioether (sulfide) groups is 1. The molecule has 0 saturated heterocycles. The van der Waals surface area contributed by atoms with Crippen molar-refractivity contribution in [1.29, 1.82) is 0 Å². The van der Waals surface area contributed by atoms with Gasteiger partial charge in [0, 0.05) is 11.1 Å². The first-order valence-corrected chi connectivity index (χ1v) is 10.5. The zero-order valence-corrected chi connectivity index (χ0v) is 15.8. The fourth-order valence-electron chi connectivity index (χ4n) is 3.44. The highest BCUT2D eigenvalue weighted by atomic mass is 32.2.